The lowest BCUT2D eigenvalue weighted by molar-refractivity contribution is 0.619. The molecule has 1 saturated carbocycles. The van der Waals surface area contributed by atoms with Crippen LogP contribution in [0.15, 0.2) is 0 Å². The number of hydrogen-bond donors (Lipinski definition) is 2. The average Bonchev–Trinajstić information content (AvgIpc) is 3.27. The van der Waals surface area contributed by atoms with Crippen LogP contribution < -0.4 is 11.1 Å². The molecule has 0 amide bonds. The molecule has 5 heteroatoms. The van der Waals surface area contributed by atoms with Gasteiger partial charge < -0.3 is 11.1 Å². The highest BCUT2D eigenvalue weighted by molar-refractivity contribution is 5.56. The molecule has 1 atom stereocenters. The van der Waals surface area contributed by atoms with Crippen molar-refractivity contribution in [1.82, 2.24) is 10.2 Å². The van der Waals surface area contributed by atoms with Crippen molar-refractivity contribution in [3.05, 3.63) is 16.8 Å². The molecule has 0 saturated heterocycles. The van der Waals surface area contributed by atoms with E-state index in [1.54, 1.807) is 0 Å². The second-order valence-electron chi connectivity index (χ2n) is 5.05. The molecule has 0 bridgehead atoms. The molecule has 5 nitrogen and oxygen atoms in total. The Morgan fingerprint density at radius 1 is 1.37 bits per heavy atom. The zero-order chi connectivity index (χ0) is 13.8. The Morgan fingerprint density at radius 2 is 2.11 bits per heavy atom. The molecule has 1 aliphatic rings. The van der Waals surface area contributed by atoms with Gasteiger partial charge >= 0.3 is 0 Å². The molecule has 1 fully saturated rings. The van der Waals surface area contributed by atoms with Crippen molar-refractivity contribution in [2.45, 2.75) is 45.6 Å². The topological polar surface area (TPSA) is 87.6 Å². The fraction of sp³-hybridized carbons (Fsp3) is 0.643. The van der Waals surface area contributed by atoms with E-state index < -0.39 is 0 Å². The number of nitrogens with one attached hydrogen (secondary N) is 1. The molecule has 0 radical (unpaired) electrons. The molecule has 1 heterocycles. The van der Waals surface area contributed by atoms with Crippen molar-refractivity contribution >= 4 is 5.82 Å². The number of aryl methyl sites for hydroxylation is 1. The first-order valence-electron chi connectivity index (χ1n) is 6.99. The molecular weight excluding hydrogens is 238 g/mol. The van der Waals surface area contributed by atoms with Crippen molar-refractivity contribution in [2.24, 2.45) is 11.7 Å². The average molecular weight is 259 g/mol. The molecule has 3 N–H and O–H groups in total. The van der Waals surface area contributed by atoms with Crippen molar-refractivity contribution in [2.75, 3.05) is 11.9 Å². The van der Waals surface area contributed by atoms with Crippen LogP contribution in [-0.4, -0.2) is 22.8 Å². The number of nitriles is 1. The normalized spacial score (nSPS) is 15.9. The van der Waals surface area contributed by atoms with E-state index in [1.807, 2.05) is 13.8 Å². The standard InChI is InChI=1S/C14H21N5/c1-3-10-11(7-15)14(19-18-13(10)4-2)17-8-12(16)9-5-6-9/h9,12H,3-6,8,16H2,1-2H3,(H,17,19). The number of anilines is 1. The Balaban J connectivity index is 2.17. The van der Waals surface area contributed by atoms with Crippen LogP contribution in [0.4, 0.5) is 5.82 Å². The van der Waals surface area contributed by atoms with Crippen LogP contribution >= 0.6 is 0 Å². The molecular formula is C14H21N5. The first-order valence-corrected chi connectivity index (χ1v) is 6.99. The Bertz CT molecular complexity index is 487. The van der Waals surface area contributed by atoms with Gasteiger partial charge in [-0.15, -0.1) is 5.10 Å². The number of nitrogens with zero attached hydrogens (tertiary/aromatic N) is 3. The predicted octanol–water partition coefficient (Wildman–Crippen LogP) is 1.62. The van der Waals surface area contributed by atoms with Gasteiger partial charge in [0.05, 0.1) is 5.69 Å². The van der Waals surface area contributed by atoms with Crippen LogP contribution in [0.25, 0.3) is 0 Å². The summed E-state index contributed by atoms with van der Waals surface area (Å²) in [4.78, 5) is 0. The minimum atomic E-state index is 0.143. The molecule has 2 rings (SSSR count). The zero-order valence-electron chi connectivity index (χ0n) is 11.6. The molecule has 0 aliphatic heterocycles. The maximum absolute atomic E-state index is 9.35. The van der Waals surface area contributed by atoms with E-state index in [-0.39, 0.29) is 6.04 Å². The monoisotopic (exact) mass is 259 g/mol. The molecule has 19 heavy (non-hydrogen) atoms. The molecule has 1 unspecified atom stereocenters. The lowest BCUT2D eigenvalue weighted by Gasteiger charge is -2.15. The summed E-state index contributed by atoms with van der Waals surface area (Å²) in [5.74, 6) is 1.21. The summed E-state index contributed by atoms with van der Waals surface area (Å²) in [6.07, 6.45) is 4.03. The van der Waals surface area contributed by atoms with E-state index in [4.69, 9.17) is 5.73 Å². The van der Waals surface area contributed by atoms with E-state index in [0.717, 1.165) is 24.1 Å². The van der Waals surface area contributed by atoms with E-state index in [9.17, 15) is 5.26 Å². The SMILES string of the molecule is CCc1nnc(NCC(N)C2CC2)c(C#N)c1CC. The summed E-state index contributed by atoms with van der Waals surface area (Å²) in [5, 5.41) is 20.9. The van der Waals surface area contributed by atoms with Crippen molar-refractivity contribution < 1.29 is 0 Å². The highest BCUT2D eigenvalue weighted by atomic mass is 15.2. The fourth-order valence-corrected chi connectivity index (χ4v) is 2.32. The van der Waals surface area contributed by atoms with Gasteiger partial charge in [-0.3, -0.25) is 0 Å². The Hall–Kier alpha value is -1.67. The molecule has 102 valence electrons. The zero-order valence-corrected chi connectivity index (χ0v) is 11.6. The summed E-state index contributed by atoms with van der Waals surface area (Å²) in [5.41, 5.74) is 8.59. The minimum absolute atomic E-state index is 0.143. The van der Waals surface area contributed by atoms with Crippen molar-refractivity contribution in [3.8, 4) is 6.07 Å². The quantitative estimate of drug-likeness (QED) is 0.810. The van der Waals surface area contributed by atoms with Crippen LogP contribution in [0, 0.1) is 17.2 Å². The summed E-state index contributed by atoms with van der Waals surface area (Å²) < 4.78 is 0. The van der Waals surface area contributed by atoms with Crippen molar-refractivity contribution in [3.63, 3.8) is 0 Å². The Morgan fingerprint density at radius 3 is 2.63 bits per heavy atom. The predicted molar refractivity (Wildman–Crippen MR) is 74.7 cm³/mol. The van der Waals surface area contributed by atoms with E-state index in [1.165, 1.54) is 12.8 Å². The lowest BCUT2D eigenvalue weighted by atomic mass is 10.0. The number of rotatable bonds is 6. The highest BCUT2D eigenvalue weighted by Crippen LogP contribution is 2.31. The van der Waals surface area contributed by atoms with Gasteiger partial charge in [0, 0.05) is 12.6 Å². The number of aromatic nitrogens is 2. The van der Waals surface area contributed by atoms with E-state index in [0.29, 0.717) is 23.8 Å². The first-order chi connectivity index (χ1) is 9.21. The van der Waals surface area contributed by atoms with E-state index in [2.05, 4.69) is 21.6 Å². The largest absolute Gasteiger partial charge is 0.366 e. The Labute approximate surface area is 114 Å². The molecule has 1 aromatic heterocycles. The molecule has 1 aromatic rings. The molecule has 0 aromatic carbocycles. The summed E-state index contributed by atoms with van der Waals surface area (Å²) >= 11 is 0. The summed E-state index contributed by atoms with van der Waals surface area (Å²) in [7, 11) is 0. The maximum Gasteiger partial charge on any atom is 0.167 e. The summed E-state index contributed by atoms with van der Waals surface area (Å²) in [6.45, 7) is 4.72. The number of nitrogens with two attached hydrogens (primary N) is 1. The Kier molecular flexibility index (Phi) is 4.33. The van der Waals surface area contributed by atoms with Crippen LogP contribution in [0.1, 0.15) is 43.5 Å². The fourth-order valence-electron chi connectivity index (χ4n) is 2.32. The molecule has 0 spiro atoms. The lowest BCUT2D eigenvalue weighted by Crippen LogP contribution is -2.31. The van der Waals surface area contributed by atoms with E-state index >= 15 is 0 Å². The number of hydrogen-bond acceptors (Lipinski definition) is 5. The third-order valence-corrected chi connectivity index (χ3v) is 3.69. The second-order valence-corrected chi connectivity index (χ2v) is 5.05. The van der Waals surface area contributed by atoms with Crippen LogP contribution in [0.3, 0.4) is 0 Å². The van der Waals surface area contributed by atoms with Gasteiger partial charge in [-0.2, -0.15) is 10.4 Å². The van der Waals surface area contributed by atoms with Gasteiger partial charge in [0.25, 0.3) is 0 Å². The third kappa shape index (κ3) is 3.02. The van der Waals surface area contributed by atoms with Gasteiger partial charge in [-0.05, 0) is 37.2 Å². The summed E-state index contributed by atoms with van der Waals surface area (Å²) in [6, 6.07) is 2.40. The minimum Gasteiger partial charge on any atom is -0.366 e. The smallest absolute Gasteiger partial charge is 0.167 e. The second kappa shape index (κ2) is 5.98. The van der Waals surface area contributed by atoms with Crippen LogP contribution in [0.2, 0.25) is 0 Å². The maximum atomic E-state index is 9.35. The highest BCUT2D eigenvalue weighted by Gasteiger charge is 2.28. The van der Waals surface area contributed by atoms with Crippen LogP contribution in [0.5, 0.6) is 0 Å². The van der Waals surface area contributed by atoms with Gasteiger partial charge in [0.2, 0.25) is 0 Å². The van der Waals surface area contributed by atoms with Crippen molar-refractivity contribution in [1.29, 1.82) is 5.26 Å². The third-order valence-electron chi connectivity index (χ3n) is 3.69. The van der Waals surface area contributed by atoms with Gasteiger partial charge in [-0.1, -0.05) is 13.8 Å². The van der Waals surface area contributed by atoms with Gasteiger partial charge in [0.15, 0.2) is 5.82 Å². The van der Waals surface area contributed by atoms with Crippen LogP contribution in [-0.2, 0) is 12.8 Å². The van der Waals surface area contributed by atoms with Gasteiger partial charge in [0.1, 0.15) is 11.6 Å². The molecule has 1 aliphatic carbocycles. The first kappa shape index (κ1) is 13.8. The van der Waals surface area contributed by atoms with Gasteiger partial charge in [-0.25, -0.2) is 0 Å².